The molecule has 0 aliphatic carbocycles. The Bertz CT molecular complexity index is 892. The van der Waals surface area contributed by atoms with Crippen molar-refractivity contribution in [1.29, 1.82) is 0 Å². The third-order valence-electron chi connectivity index (χ3n) is 5.99. The molecule has 42 heavy (non-hydrogen) atoms. The Labute approximate surface area is 267 Å². The van der Waals surface area contributed by atoms with Crippen LogP contribution < -0.4 is 10.6 Å². The first kappa shape index (κ1) is 41.8. The third-order valence-corrected chi connectivity index (χ3v) is 15.7. The highest BCUT2D eigenvalue weighted by Crippen LogP contribution is 2.54. The Morgan fingerprint density at radius 2 is 1.02 bits per heavy atom. The van der Waals surface area contributed by atoms with E-state index in [1.165, 1.54) is 10.6 Å². The molecule has 0 aliphatic heterocycles. The molecule has 0 bridgehead atoms. The standard InChI is InChI=1S/C13H22NPS.C11H18NOP.C8H20NO2P/c1-11(2)14(5)15(16-12(3)4)13-9-7-6-8-10-13;1-10(2)12(3)14(13-4)11-8-6-5-7-9-11;1-6-10-12(11-7-2)9(5)8(3)4/h6-12H,1-5H3;5-10H,1-4H3;8H,6-7H2,1-5H3. The topological polar surface area (TPSA) is 37.4 Å². The highest BCUT2D eigenvalue weighted by atomic mass is 32.7. The van der Waals surface area contributed by atoms with Gasteiger partial charge in [0.25, 0.3) is 8.53 Å². The van der Waals surface area contributed by atoms with Crippen LogP contribution in [0, 0.1) is 0 Å². The number of nitrogens with zero attached hydrogens (tertiary/aromatic N) is 3. The van der Waals surface area contributed by atoms with E-state index in [2.05, 4.69) is 149 Å². The van der Waals surface area contributed by atoms with Gasteiger partial charge in [-0.15, -0.1) is 11.4 Å². The van der Waals surface area contributed by atoms with E-state index in [1.54, 1.807) is 7.11 Å². The predicted octanol–water partition coefficient (Wildman–Crippen LogP) is 9.34. The fourth-order valence-electron chi connectivity index (χ4n) is 3.09. The van der Waals surface area contributed by atoms with Crippen LogP contribution in [0.3, 0.4) is 0 Å². The molecule has 0 amide bonds. The van der Waals surface area contributed by atoms with Crippen molar-refractivity contribution in [3.8, 4) is 0 Å². The monoisotopic (exact) mass is 659 g/mol. The van der Waals surface area contributed by atoms with E-state index >= 15 is 0 Å². The van der Waals surface area contributed by atoms with Crippen LogP contribution in [0.25, 0.3) is 0 Å². The molecule has 0 saturated carbocycles. The Balaban J connectivity index is 0.000000608. The van der Waals surface area contributed by atoms with Crippen LogP contribution in [0.5, 0.6) is 0 Å². The molecule has 0 aliphatic rings. The van der Waals surface area contributed by atoms with Crippen molar-refractivity contribution in [2.75, 3.05) is 41.5 Å². The average Bonchev–Trinajstić information content (AvgIpc) is 2.96. The predicted molar refractivity (Wildman–Crippen MR) is 195 cm³/mol. The lowest BCUT2D eigenvalue weighted by Gasteiger charge is -2.32. The summed E-state index contributed by atoms with van der Waals surface area (Å²) in [6.45, 7) is 23.1. The molecule has 10 heteroatoms. The lowest BCUT2D eigenvalue weighted by Crippen LogP contribution is -2.26. The van der Waals surface area contributed by atoms with Crippen LogP contribution in [0.15, 0.2) is 60.7 Å². The highest BCUT2D eigenvalue weighted by Gasteiger charge is 2.21. The molecule has 0 radical (unpaired) electrons. The van der Waals surface area contributed by atoms with Gasteiger partial charge in [-0.3, -0.25) is 9.34 Å². The first-order valence-electron chi connectivity index (χ1n) is 15.0. The Hall–Kier alpha value is -0.160. The number of hydrogen-bond acceptors (Lipinski definition) is 7. The summed E-state index contributed by atoms with van der Waals surface area (Å²) in [6, 6.07) is 22.8. The van der Waals surface area contributed by atoms with E-state index in [1.807, 2.05) is 27.0 Å². The van der Waals surface area contributed by atoms with E-state index in [0.29, 0.717) is 36.6 Å². The zero-order valence-corrected chi connectivity index (χ0v) is 32.3. The summed E-state index contributed by atoms with van der Waals surface area (Å²) in [6.07, 6.45) is 0. The van der Waals surface area contributed by atoms with Crippen LogP contribution in [0.1, 0.15) is 69.2 Å². The fourth-order valence-corrected chi connectivity index (χ4v) is 10.9. The van der Waals surface area contributed by atoms with Gasteiger partial charge >= 0.3 is 0 Å². The number of benzene rings is 2. The first-order chi connectivity index (χ1) is 19.8. The van der Waals surface area contributed by atoms with Crippen molar-refractivity contribution in [3.05, 3.63) is 60.7 Å². The minimum atomic E-state index is -0.828. The molecule has 2 aromatic rings. The van der Waals surface area contributed by atoms with Gasteiger partial charge in [0, 0.05) is 41.1 Å². The molecule has 0 fully saturated rings. The molecule has 2 aromatic carbocycles. The second-order valence-corrected chi connectivity index (χ2v) is 18.8. The lowest BCUT2D eigenvalue weighted by atomic mass is 10.4. The van der Waals surface area contributed by atoms with E-state index in [4.69, 9.17) is 13.6 Å². The second kappa shape index (κ2) is 24.1. The summed E-state index contributed by atoms with van der Waals surface area (Å²) in [5, 5.41) is 3.40. The summed E-state index contributed by atoms with van der Waals surface area (Å²) < 4.78 is 23.4. The number of hydrogen-bond donors (Lipinski definition) is 0. The molecule has 6 nitrogen and oxygen atoms in total. The molecule has 0 N–H and O–H groups in total. The van der Waals surface area contributed by atoms with Gasteiger partial charge in [0.1, 0.15) is 8.30 Å². The van der Waals surface area contributed by atoms with Gasteiger partial charge in [0.15, 0.2) is 0 Å². The van der Waals surface area contributed by atoms with E-state index in [0.717, 1.165) is 0 Å². The lowest BCUT2D eigenvalue weighted by molar-refractivity contribution is 0.217. The maximum Gasteiger partial charge on any atom is 0.258 e. The van der Waals surface area contributed by atoms with Gasteiger partial charge in [0.05, 0.1) is 20.5 Å². The van der Waals surface area contributed by atoms with Crippen LogP contribution in [0.2, 0.25) is 0 Å². The molecule has 0 heterocycles. The maximum atomic E-state index is 5.55. The quantitative estimate of drug-likeness (QED) is 0.176. The summed E-state index contributed by atoms with van der Waals surface area (Å²) >= 11 is 2.08. The van der Waals surface area contributed by atoms with Crippen molar-refractivity contribution in [2.45, 2.75) is 92.6 Å². The molecule has 2 rings (SSSR count). The smallest absolute Gasteiger partial charge is 0.258 e. The van der Waals surface area contributed by atoms with Crippen molar-refractivity contribution >= 4 is 46.1 Å². The largest absolute Gasteiger partial charge is 0.343 e. The second-order valence-electron chi connectivity index (χ2n) is 10.6. The maximum absolute atomic E-state index is 5.55. The third kappa shape index (κ3) is 16.8. The average molecular weight is 660 g/mol. The van der Waals surface area contributed by atoms with E-state index < -0.39 is 16.8 Å². The van der Waals surface area contributed by atoms with Crippen LogP contribution in [-0.2, 0) is 13.6 Å². The molecular formula is C32H60N3O3P3S. The minimum absolute atomic E-state index is 0.246. The molecule has 0 saturated heterocycles. The summed E-state index contributed by atoms with van der Waals surface area (Å²) in [5.74, 6) is 0. The van der Waals surface area contributed by atoms with Gasteiger partial charge in [-0.25, -0.2) is 4.67 Å². The Morgan fingerprint density at radius 1 is 0.619 bits per heavy atom. The van der Waals surface area contributed by atoms with Crippen LogP contribution in [0.4, 0.5) is 0 Å². The minimum Gasteiger partial charge on any atom is -0.343 e. The summed E-state index contributed by atoms with van der Waals surface area (Å²) in [4.78, 5) is 0. The van der Waals surface area contributed by atoms with E-state index in [9.17, 15) is 0 Å². The Kier molecular flexibility index (Phi) is 24.0. The van der Waals surface area contributed by atoms with Gasteiger partial charge in [-0.1, -0.05) is 74.5 Å². The Morgan fingerprint density at radius 3 is 1.36 bits per heavy atom. The van der Waals surface area contributed by atoms with Gasteiger partial charge in [-0.2, -0.15) is 0 Å². The van der Waals surface area contributed by atoms with Crippen molar-refractivity contribution in [1.82, 2.24) is 14.0 Å². The first-order valence-corrected chi connectivity index (χ1v) is 20.1. The summed E-state index contributed by atoms with van der Waals surface area (Å²) in [5.41, 5.74) is 0. The van der Waals surface area contributed by atoms with Gasteiger partial charge < -0.3 is 13.6 Å². The molecule has 2 atom stereocenters. The summed E-state index contributed by atoms with van der Waals surface area (Å²) in [7, 11) is 6.45. The van der Waals surface area contributed by atoms with Crippen molar-refractivity contribution in [3.63, 3.8) is 0 Å². The number of rotatable bonds is 15. The van der Waals surface area contributed by atoms with Crippen molar-refractivity contribution in [2.24, 2.45) is 0 Å². The molecular weight excluding hydrogens is 599 g/mol. The highest BCUT2D eigenvalue weighted by molar-refractivity contribution is 8.57. The van der Waals surface area contributed by atoms with Crippen LogP contribution in [-0.4, -0.2) is 78.9 Å². The molecule has 242 valence electrons. The van der Waals surface area contributed by atoms with Crippen molar-refractivity contribution < 1.29 is 13.6 Å². The zero-order valence-electron chi connectivity index (χ0n) is 28.8. The van der Waals surface area contributed by atoms with Crippen LogP contribution >= 0.6 is 35.5 Å². The van der Waals surface area contributed by atoms with Gasteiger partial charge in [0.2, 0.25) is 0 Å². The fraction of sp³-hybridized carbons (Fsp3) is 0.625. The zero-order chi connectivity index (χ0) is 32.2. The van der Waals surface area contributed by atoms with Gasteiger partial charge in [-0.05, 0) is 76.5 Å². The van der Waals surface area contributed by atoms with E-state index in [-0.39, 0.29) is 7.27 Å². The molecule has 0 spiro atoms. The SMILES string of the molecule is CC(C)SP(c1ccccc1)N(C)C(C)C.CCOP(OCC)N(C)C(C)C.COP(c1ccccc1)N(C)C(C)C. The molecule has 0 aromatic heterocycles. The molecule has 2 unspecified atom stereocenters. The normalized spacial score (nSPS) is 13.2.